The lowest BCUT2D eigenvalue weighted by Crippen LogP contribution is -2.29. The molecule has 1 aromatic carbocycles. The van der Waals surface area contributed by atoms with Crippen LogP contribution in [0.1, 0.15) is 5.56 Å². The van der Waals surface area contributed by atoms with Crippen molar-refractivity contribution >= 4 is 15.7 Å². The van der Waals surface area contributed by atoms with Gasteiger partial charge < -0.3 is 10.1 Å². The lowest BCUT2D eigenvalue weighted by Gasteiger charge is -2.10. The second kappa shape index (κ2) is 5.31. The van der Waals surface area contributed by atoms with E-state index < -0.39 is 26.2 Å². The number of hydrogen-bond acceptors (Lipinski definition) is 5. The van der Waals surface area contributed by atoms with Crippen LogP contribution in [0, 0.1) is 0 Å². The highest BCUT2D eigenvalue weighted by atomic mass is 32.2. The summed E-state index contributed by atoms with van der Waals surface area (Å²) in [5.74, 6) is 0. The second-order valence-corrected chi connectivity index (χ2v) is 5.51. The lowest BCUT2D eigenvalue weighted by atomic mass is 10.2. The van der Waals surface area contributed by atoms with Crippen LogP contribution in [0.5, 0.6) is 0 Å². The number of benzene rings is 1. The smallest absolute Gasteiger partial charge is 0.325 e. The van der Waals surface area contributed by atoms with Gasteiger partial charge >= 0.3 is 5.69 Å². The third-order valence-corrected chi connectivity index (χ3v) is 3.88. The maximum absolute atomic E-state index is 12.1. The summed E-state index contributed by atoms with van der Waals surface area (Å²) in [5, 5.41) is 9.13. The number of aromatic amines is 2. The highest BCUT2D eigenvalue weighted by Crippen LogP contribution is 2.18. The Morgan fingerprint density at radius 3 is 2.55 bits per heavy atom. The number of anilines is 1. The topological polar surface area (TPSA) is 132 Å². The van der Waals surface area contributed by atoms with Gasteiger partial charge in [0.05, 0.1) is 12.3 Å². The quantitative estimate of drug-likeness (QED) is 0.595. The number of para-hydroxylation sites is 1. The highest BCUT2D eigenvalue weighted by molar-refractivity contribution is 7.92. The monoisotopic (exact) mass is 297 g/mol. The Kier molecular flexibility index (Phi) is 3.72. The molecule has 0 radical (unpaired) electrons. The lowest BCUT2D eigenvalue weighted by molar-refractivity contribution is 0.282. The number of aliphatic hydroxyl groups is 1. The molecular weight excluding hydrogens is 286 g/mol. The van der Waals surface area contributed by atoms with Crippen molar-refractivity contribution in [2.45, 2.75) is 11.5 Å². The molecule has 20 heavy (non-hydrogen) atoms. The molecule has 1 heterocycles. The highest BCUT2D eigenvalue weighted by Gasteiger charge is 2.19. The molecule has 9 heteroatoms. The molecule has 0 aliphatic carbocycles. The molecule has 0 aliphatic heterocycles. The van der Waals surface area contributed by atoms with E-state index in [0.717, 1.165) is 6.20 Å². The fourth-order valence-corrected chi connectivity index (χ4v) is 2.66. The third kappa shape index (κ3) is 2.78. The molecule has 0 fully saturated rings. The van der Waals surface area contributed by atoms with Gasteiger partial charge in [-0.05, 0) is 6.07 Å². The Balaban J connectivity index is 2.46. The van der Waals surface area contributed by atoms with Crippen LogP contribution in [-0.2, 0) is 16.6 Å². The number of nitrogens with one attached hydrogen (secondary N) is 3. The van der Waals surface area contributed by atoms with Gasteiger partial charge in [-0.25, -0.2) is 13.2 Å². The van der Waals surface area contributed by atoms with E-state index in [1.807, 2.05) is 4.98 Å². The van der Waals surface area contributed by atoms with Crippen molar-refractivity contribution < 1.29 is 13.5 Å². The van der Waals surface area contributed by atoms with E-state index in [1.54, 1.807) is 12.1 Å². The van der Waals surface area contributed by atoms with Gasteiger partial charge in [-0.3, -0.25) is 14.5 Å². The van der Waals surface area contributed by atoms with Crippen molar-refractivity contribution in [3.05, 3.63) is 56.9 Å². The molecule has 2 rings (SSSR count). The van der Waals surface area contributed by atoms with Crippen LogP contribution in [0.25, 0.3) is 0 Å². The van der Waals surface area contributed by atoms with Crippen LogP contribution in [0.2, 0.25) is 0 Å². The van der Waals surface area contributed by atoms with Gasteiger partial charge in [-0.1, -0.05) is 18.2 Å². The maximum Gasteiger partial charge on any atom is 0.325 e. The van der Waals surface area contributed by atoms with Crippen molar-refractivity contribution in [1.82, 2.24) is 9.97 Å². The molecule has 0 amide bonds. The van der Waals surface area contributed by atoms with Crippen molar-refractivity contribution in [2.24, 2.45) is 0 Å². The Morgan fingerprint density at radius 2 is 1.90 bits per heavy atom. The first-order chi connectivity index (χ1) is 9.44. The summed E-state index contributed by atoms with van der Waals surface area (Å²) in [6.07, 6.45) is 0.811. The number of aromatic nitrogens is 2. The fourth-order valence-electron chi connectivity index (χ4n) is 1.55. The van der Waals surface area contributed by atoms with Crippen LogP contribution in [0.3, 0.4) is 0 Å². The Bertz CT molecular complexity index is 837. The SMILES string of the molecule is O=c1[nH]cc(S(=O)(=O)Nc2ccccc2CO)c(=O)[nH]1. The van der Waals surface area contributed by atoms with E-state index in [4.69, 9.17) is 5.11 Å². The third-order valence-electron chi connectivity index (χ3n) is 2.51. The van der Waals surface area contributed by atoms with Gasteiger partial charge in [0.25, 0.3) is 15.6 Å². The summed E-state index contributed by atoms with van der Waals surface area (Å²) in [4.78, 5) is 25.6. The van der Waals surface area contributed by atoms with E-state index in [0.29, 0.717) is 5.56 Å². The summed E-state index contributed by atoms with van der Waals surface area (Å²) in [5.41, 5.74) is -1.31. The Hall–Kier alpha value is -2.39. The van der Waals surface area contributed by atoms with Gasteiger partial charge in [0.2, 0.25) is 0 Å². The minimum absolute atomic E-state index is 0.153. The van der Waals surface area contributed by atoms with Crippen LogP contribution in [-0.4, -0.2) is 23.5 Å². The predicted octanol–water partition coefficient (Wildman–Crippen LogP) is -0.644. The average Bonchev–Trinajstić information content (AvgIpc) is 2.38. The molecule has 0 atom stereocenters. The number of rotatable bonds is 4. The predicted molar refractivity (Wildman–Crippen MR) is 70.9 cm³/mol. The molecule has 4 N–H and O–H groups in total. The molecule has 0 spiro atoms. The molecule has 2 aromatic rings. The first kappa shape index (κ1) is 14.0. The van der Waals surface area contributed by atoms with Crippen molar-refractivity contribution in [2.75, 3.05) is 4.72 Å². The average molecular weight is 297 g/mol. The van der Waals surface area contributed by atoms with Gasteiger partial charge in [-0.2, -0.15) is 0 Å². The molecule has 0 aliphatic rings. The molecule has 0 unspecified atom stereocenters. The second-order valence-electron chi connectivity index (χ2n) is 3.86. The normalized spacial score (nSPS) is 11.2. The van der Waals surface area contributed by atoms with E-state index in [9.17, 15) is 18.0 Å². The first-order valence-electron chi connectivity index (χ1n) is 5.47. The molecule has 0 saturated carbocycles. The number of sulfonamides is 1. The van der Waals surface area contributed by atoms with Crippen molar-refractivity contribution in [3.8, 4) is 0 Å². The minimum Gasteiger partial charge on any atom is -0.392 e. The van der Waals surface area contributed by atoms with Gasteiger partial charge in [0.15, 0.2) is 4.90 Å². The number of hydrogen-bond donors (Lipinski definition) is 4. The number of aliphatic hydroxyl groups excluding tert-OH is 1. The standard InChI is InChI=1S/C11H11N3O5S/c15-6-7-3-1-2-4-8(7)14-20(18,19)9-5-12-11(17)13-10(9)16/h1-5,14-15H,6H2,(H2,12,13,16,17). The van der Waals surface area contributed by atoms with Crippen LogP contribution < -0.4 is 16.0 Å². The fraction of sp³-hybridized carbons (Fsp3) is 0.0909. The van der Waals surface area contributed by atoms with Gasteiger partial charge in [0, 0.05) is 11.8 Å². The van der Waals surface area contributed by atoms with Gasteiger partial charge in [-0.15, -0.1) is 0 Å². The Morgan fingerprint density at radius 1 is 1.20 bits per heavy atom. The van der Waals surface area contributed by atoms with E-state index >= 15 is 0 Å². The van der Waals surface area contributed by atoms with Gasteiger partial charge in [0.1, 0.15) is 0 Å². The molecule has 0 saturated heterocycles. The van der Waals surface area contributed by atoms with E-state index in [1.165, 1.54) is 12.1 Å². The Labute approximate surface area is 113 Å². The zero-order valence-electron chi connectivity index (χ0n) is 10.1. The summed E-state index contributed by atoms with van der Waals surface area (Å²) in [6.45, 7) is -0.360. The van der Waals surface area contributed by atoms with Crippen LogP contribution in [0.15, 0.2) is 44.9 Å². The summed E-state index contributed by atoms with van der Waals surface area (Å²) >= 11 is 0. The molecule has 106 valence electrons. The molecule has 1 aromatic heterocycles. The zero-order chi connectivity index (χ0) is 14.8. The first-order valence-corrected chi connectivity index (χ1v) is 6.96. The molecule has 8 nitrogen and oxygen atoms in total. The number of H-pyrrole nitrogens is 2. The largest absolute Gasteiger partial charge is 0.392 e. The van der Waals surface area contributed by atoms with Crippen LogP contribution in [0.4, 0.5) is 5.69 Å². The molecule has 0 bridgehead atoms. The van der Waals surface area contributed by atoms with Crippen LogP contribution >= 0.6 is 0 Å². The van der Waals surface area contributed by atoms with Crippen molar-refractivity contribution in [3.63, 3.8) is 0 Å². The molecular formula is C11H11N3O5S. The minimum atomic E-state index is -4.17. The maximum atomic E-state index is 12.1. The summed E-state index contributed by atoms with van der Waals surface area (Å²) in [6, 6.07) is 6.20. The summed E-state index contributed by atoms with van der Waals surface area (Å²) < 4.78 is 26.3. The van der Waals surface area contributed by atoms with E-state index in [-0.39, 0.29) is 12.3 Å². The summed E-state index contributed by atoms with van der Waals surface area (Å²) in [7, 11) is -4.17. The zero-order valence-corrected chi connectivity index (χ0v) is 10.9. The van der Waals surface area contributed by atoms with E-state index in [2.05, 4.69) is 9.71 Å². The van der Waals surface area contributed by atoms with Crippen molar-refractivity contribution in [1.29, 1.82) is 0 Å².